The van der Waals surface area contributed by atoms with Gasteiger partial charge in [0, 0.05) is 17.5 Å². The Labute approximate surface area is 199 Å². The van der Waals surface area contributed by atoms with Crippen molar-refractivity contribution in [2.45, 2.75) is 32.4 Å². The van der Waals surface area contributed by atoms with Gasteiger partial charge in [-0.15, -0.1) is 0 Å². The standard InChI is InChI=1S/C25H22F3N3O4/c1-14(2)20-11-16(8-9-29-20)15-4-3-5-17(10-15)22(32)13-23(33)30-21-12-18(25(26,27)28)6-7-19(21)31-24(34)35/h3-12,14,31H,13H2,1-2H3,(H,30,33)(H,34,35). The first-order valence-corrected chi connectivity index (χ1v) is 10.5. The fourth-order valence-electron chi connectivity index (χ4n) is 3.31. The van der Waals surface area contributed by atoms with Crippen LogP contribution >= 0.6 is 0 Å². The van der Waals surface area contributed by atoms with Crippen molar-refractivity contribution in [1.82, 2.24) is 4.98 Å². The maximum atomic E-state index is 13.1. The Kier molecular flexibility index (Phi) is 7.53. The van der Waals surface area contributed by atoms with Gasteiger partial charge in [0.15, 0.2) is 5.78 Å². The minimum atomic E-state index is -4.71. The number of rotatable bonds is 7. The van der Waals surface area contributed by atoms with Crippen molar-refractivity contribution in [3.05, 3.63) is 77.6 Å². The summed E-state index contributed by atoms with van der Waals surface area (Å²) in [7, 11) is 0. The van der Waals surface area contributed by atoms with Crippen LogP contribution in [0, 0.1) is 0 Å². The fourth-order valence-corrected chi connectivity index (χ4v) is 3.31. The zero-order chi connectivity index (χ0) is 25.8. The van der Waals surface area contributed by atoms with E-state index in [1.165, 1.54) is 6.07 Å². The van der Waals surface area contributed by atoms with Crippen molar-refractivity contribution < 1.29 is 32.7 Å². The van der Waals surface area contributed by atoms with Crippen molar-refractivity contribution in [2.24, 2.45) is 0 Å². The molecule has 0 spiro atoms. The number of ketones is 1. The van der Waals surface area contributed by atoms with E-state index in [0.717, 1.165) is 22.9 Å². The Morgan fingerprint density at radius 1 is 0.943 bits per heavy atom. The van der Waals surface area contributed by atoms with E-state index in [-0.39, 0.29) is 17.2 Å². The Bertz CT molecular complexity index is 1270. The number of nitrogens with zero attached hydrogens (tertiary/aromatic N) is 1. The Hall–Kier alpha value is -4.21. The van der Waals surface area contributed by atoms with E-state index in [9.17, 15) is 27.6 Å². The van der Waals surface area contributed by atoms with Crippen LogP contribution in [0.3, 0.4) is 0 Å². The largest absolute Gasteiger partial charge is 0.465 e. The summed E-state index contributed by atoms with van der Waals surface area (Å²) in [6, 6.07) is 12.5. The summed E-state index contributed by atoms with van der Waals surface area (Å²) in [5.41, 5.74) is 0.959. The van der Waals surface area contributed by atoms with Crippen LogP contribution in [0.2, 0.25) is 0 Å². The summed E-state index contributed by atoms with van der Waals surface area (Å²) in [4.78, 5) is 40.5. The first kappa shape index (κ1) is 25.4. The lowest BCUT2D eigenvalue weighted by molar-refractivity contribution is -0.137. The topological polar surface area (TPSA) is 108 Å². The summed E-state index contributed by atoms with van der Waals surface area (Å²) in [6.07, 6.45) is -5.21. The monoisotopic (exact) mass is 485 g/mol. The second-order valence-corrected chi connectivity index (χ2v) is 8.04. The lowest BCUT2D eigenvalue weighted by Gasteiger charge is -2.14. The molecule has 0 atom stereocenters. The van der Waals surface area contributed by atoms with Gasteiger partial charge in [-0.25, -0.2) is 4.79 Å². The van der Waals surface area contributed by atoms with Gasteiger partial charge in [0.2, 0.25) is 5.91 Å². The fraction of sp³-hybridized carbons (Fsp3) is 0.200. The molecule has 1 heterocycles. The van der Waals surface area contributed by atoms with Crippen LogP contribution in [-0.4, -0.2) is 27.9 Å². The number of hydrogen-bond acceptors (Lipinski definition) is 4. The molecule has 0 saturated carbocycles. The highest BCUT2D eigenvalue weighted by atomic mass is 19.4. The number of halogens is 3. The van der Waals surface area contributed by atoms with E-state index in [4.69, 9.17) is 5.11 Å². The molecule has 0 unspecified atom stereocenters. The summed E-state index contributed by atoms with van der Waals surface area (Å²) in [5, 5.41) is 13.0. The van der Waals surface area contributed by atoms with E-state index in [1.807, 2.05) is 31.3 Å². The van der Waals surface area contributed by atoms with Gasteiger partial charge in [0.05, 0.1) is 23.4 Å². The van der Waals surface area contributed by atoms with Crippen LogP contribution in [0.25, 0.3) is 11.1 Å². The van der Waals surface area contributed by atoms with E-state index >= 15 is 0 Å². The highest BCUT2D eigenvalue weighted by Crippen LogP contribution is 2.34. The number of hydrogen-bond donors (Lipinski definition) is 3. The molecule has 0 radical (unpaired) electrons. The van der Waals surface area contributed by atoms with Gasteiger partial charge in [0.1, 0.15) is 0 Å². The Balaban J connectivity index is 1.79. The molecule has 2 amide bonds. The second-order valence-electron chi connectivity index (χ2n) is 8.04. The lowest BCUT2D eigenvalue weighted by Crippen LogP contribution is -2.19. The molecule has 7 nitrogen and oxygen atoms in total. The predicted octanol–water partition coefficient (Wildman–Crippen LogP) is 6.19. The van der Waals surface area contributed by atoms with Crippen molar-refractivity contribution in [3.8, 4) is 11.1 Å². The maximum Gasteiger partial charge on any atom is 0.416 e. The average Bonchev–Trinajstić information content (AvgIpc) is 2.79. The van der Waals surface area contributed by atoms with Crippen molar-refractivity contribution in [2.75, 3.05) is 10.6 Å². The quantitative estimate of drug-likeness (QED) is 0.273. The van der Waals surface area contributed by atoms with Gasteiger partial charge < -0.3 is 10.4 Å². The second kappa shape index (κ2) is 10.4. The zero-order valence-electron chi connectivity index (χ0n) is 18.8. The van der Waals surface area contributed by atoms with Crippen molar-refractivity contribution in [3.63, 3.8) is 0 Å². The molecule has 0 aliphatic rings. The van der Waals surface area contributed by atoms with Gasteiger partial charge in [-0.3, -0.25) is 19.9 Å². The molecule has 0 saturated heterocycles. The SMILES string of the molecule is CC(C)c1cc(-c2cccc(C(=O)CC(=O)Nc3cc(C(F)(F)F)ccc3NC(=O)O)c2)ccn1. The third-order valence-electron chi connectivity index (χ3n) is 5.07. The summed E-state index contributed by atoms with van der Waals surface area (Å²) in [6.45, 7) is 4.01. The maximum absolute atomic E-state index is 13.1. The number of carbonyl (C=O) groups excluding carboxylic acids is 2. The first-order valence-electron chi connectivity index (χ1n) is 10.5. The van der Waals surface area contributed by atoms with Gasteiger partial charge in [0.25, 0.3) is 0 Å². The summed E-state index contributed by atoms with van der Waals surface area (Å²) >= 11 is 0. The number of nitrogens with one attached hydrogen (secondary N) is 2. The van der Waals surface area contributed by atoms with Gasteiger partial charge in [-0.1, -0.05) is 32.0 Å². The molecule has 0 aliphatic carbocycles. The van der Waals surface area contributed by atoms with E-state index in [0.29, 0.717) is 12.1 Å². The number of alkyl halides is 3. The van der Waals surface area contributed by atoms with E-state index in [2.05, 4.69) is 10.3 Å². The molecule has 3 aromatic rings. The van der Waals surface area contributed by atoms with Crippen molar-refractivity contribution in [1.29, 1.82) is 0 Å². The molecule has 0 fully saturated rings. The molecule has 182 valence electrons. The number of Topliss-reactive ketones (excluding diaryl/α,β-unsaturated/α-hetero) is 1. The normalized spacial score (nSPS) is 11.3. The third-order valence-corrected chi connectivity index (χ3v) is 5.07. The Morgan fingerprint density at radius 3 is 2.31 bits per heavy atom. The van der Waals surface area contributed by atoms with Crippen LogP contribution in [0.15, 0.2) is 60.8 Å². The molecular formula is C25H22F3N3O4. The third kappa shape index (κ3) is 6.66. The number of carboxylic acid groups (broad SMARTS) is 1. The van der Waals surface area contributed by atoms with Crippen molar-refractivity contribution >= 4 is 29.2 Å². The van der Waals surface area contributed by atoms with E-state index in [1.54, 1.807) is 24.4 Å². The molecule has 3 rings (SSSR count). The molecular weight excluding hydrogens is 463 g/mol. The number of aromatic nitrogens is 1. The average molecular weight is 485 g/mol. The lowest BCUT2D eigenvalue weighted by atomic mass is 9.98. The van der Waals surface area contributed by atoms with Crippen LogP contribution in [0.5, 0.6) is 0 Å². The number of pyridine rings is 1. The van der Waals surface area contributed by atoms with Crippen LogP contribution in [0.1, 0.15) is 47.8 Å². The minimum Gasteiger partial charge on any atom is -0.465 e. The number of benzene rings is 2. The smallest absolute Gasteiger partial charge is 0.416 e. The van der Waals surface area contributed by atoms with Gasteiger partial charge >= 0.3 is 12.3 Å². The summed E-state index contributed by atoms with van der Waals surface area (Å²) in [5.74, 6) is -1.24. The highest BCUT2D eigenvalue weighted by molar-refractivity contribution is 6.12. The molecule has 10 heteroatoms. The molecule has 3 N–H and O–H groups in total. The first-order chi connectivity index (χ1) is 16.4. The van der Waals surface area contributed by atoms with Crippen LogP contribution in [-0.2, 0) is 11.0 Å². The zero-order valence-corrected chi connectivity index (χ0v) is 18.8. The molecule has 0 aliphatic heterocycles. The number of anilines is 2. The summed E-state index contributed by atoms with van der Waals surface area (Å²) < 4.78 is 39.2. The molecule has 1 aromatic heterocycles. The molecule has 2 aromatic carbocycles. The highest BCUT2D eigenvalue weighted by Gasteiger charge is 2.31. The minimum absolute atomic E-state index is 0.208. The molecule has 35 heavy (non-hydrogen) atoms. The number of carbonyl (C=O) groups is 3. The van der Waals surface area contributed by atoms with Gasteiger partial charge in [-0.05, 0) is 53.4 Å². The van der Waals surface area contributed by atoms with Crippen LogP contribution in [0.4, 0.5) is 29.3 Å². The molecule has 0 bridgehead atoms. The van der Waals surface area contributed by atoms with Gasteiger partial charge in [-0.2, -0.15) is 13.2 Å². The predicted molar refractivity (Wildman–Crippen MR) is 124 cm³/mol. The number of amides is 2. The van der Waals surface area contributed by atoms with E-state index < -0.39 is 41.6 Å². The van der Waals surface area contributed by atoms with Crippen LogP contribution < -0.4 is 10.6 Å². The Morgan fingerprint density at radius 2 is 1.66 bits per heavy atom.